The molecule has 0 aromatic heterocycles. The lowest BCUT2D eigenvalue weighted by Gasteiger charge is -2.19. The Balaban J connectivity index is 2.34. The first-order chi connectivity index (χ1) is 6.92. The summed E-state index contributed by atoms with van der Waals surface area (Å²) in [5.74, 6) is 0.815. The summed E-state index contributed by atoms with van der Waals surface area (Å²) in [5.41, 5.74) is 1.92. The molecule has 2 rings (SSSR count). The summed E-state index contributed by atoms with van der Waals surface area (Å²) in [6.45, 7) is 1.13. The molecule has 0 bridgehead atoms. The molecule has 72 valence electrons. The van der Waals surface area contributed by atoms with Gasteiger partial charge in [-0.3, -0.25) is 0 Å². The summed E-state index contributed by atoms with van der Waals surface area (Å²) in [5, 5.41) is 0. The molecule has 1 aromatic rings. The van der Waals surface area contributed by atoms with Crippen molar-refractivity contribution in [3.8, 4) is 5.75 Å². The molecule has 0 aliphatic carbocycles. The predicted octanol–water partition coefficient (Wildman–Crippen LogP) is 1.39. The van der Waals surface area contributed by atoms with Gasteiger partial charge in [0.1, 0.15) is 5.75 Å². The zero-order valence-corrected chi connectivity index (χ0v) is 7.53. The van der Waals surface area contributed by atoms with Crippen LogP contribution in [0.2, 0.25) is 0 Å². The third kappa shape index (κ3) is 1.66. The minimum Gasteiger partial charge on any atom is -0.467 e. The fraction of sp³-hybridized carbons (Fsp3) is 0.300. The maximum atomic E-state index is 9.99. The molecule has 1 aliphatic rings. The van der Waals surface area contributed by atoms with Crippen LogP contribution >= 0.6 is 0 Å². The fourth-order valence-electron chi connectivity index (χ4n) is 1.42. The van der Waals surface area contributed by atoms with Crippen LogP contribution in [0.15, 0.2) is 23.2 Å². The van der Waals surface area contributed by atoms with Crippen molar-refractivity contribution >= 4 is 6.08 Å². The van der Waals surface area contributed by atoms with E-state index in [0.717, 1.165) is 16.9 Å². The van der Waals surface area contributed by atoms with E-state index in [-0.39, 0.29) is 6.79 Å². The normalized spacial score (nSPS) is 13.7. The summed E-state index contributed by atoms with van der Waals surface area (Å²) < 4.78 is 10.4. The van der Waals surface area contributed by atoms with E-state index >= 15 is 0 Å². The lowest BCUT2D eigenvalue weighted by Crippen LogP contribution is -2.12. The number of aliphatic imine (C=N–C) groups is 1. The molecular weight excluding hydrogens is 182 g/mol. The van der Waals surface area contributed by atoms with Gasteiger partial charge in [0.25, 0.3) is 0 Å². The van der Waals surface area contributed by atoms with Crippen LogP contribution in [0.25, 0.3) is 0 Å². The van der Waals surface area contributed by atoms with Crippen LogP contribution in [-0.4, -0.2) is 12.9 Å². The quantitative estimate of drug-likeness (QED) is 0.524. The molecule has 0 amide bonds. The Labute approximate surface area is 81.2 Å². The van der Waals surface area contributed by atoms with Crippen LogP contribution < -0.4 is 4.74 Å². The lowest BCUT2D eigenvalue weighted by molar-refractivity contribution is -0.0168. The first kappa shape index (κ1) is 8.94. The number of ether oxygens (including phenoxy) is 2. The molecule has 0 saturated heterocycles. The number of benzene rings is 1. The predicted molar refractivity (Wildman–Crippen MR) is 48.6 cm³/mol. The number of carbonyl (C=O) groups excluding carboxylic acids is 1. The lowest BCUT2D eigenvalue weighted by atomic mass is 10.1. The molecule has 0 unspecified atom stereocenters. The zero-order chi connectivity index (χ0) is 9.80. The number of isocyanates is 1. The highest BCUT2D eigenvalue weighted by atomic mass is 16.7. The van der Waals surface area contributed by atoms with Crippen molar-refractivity contribution in [3.63, 3.8) is 0 Å². The molecule has 0 N–H and O–H groups in total. The van der Waals surface area contributed by atoms with Gasteiger partial charge >= 0.3 is 0 Å². The van der Waals surface area contributed by atoms with Gasteiger partial charge in [0, 0.05) is 5.56 Å². The van der Waals surface area contributed by atoms with Crippen molar-refractivity contribution in [2.45, 2.75) is 13.2 Å². The zero-order valence-electron chi connectivity index (χ0n) is 7.53. The molecule has 1 heterocycles. The van der Waals surface area contributed by atoms with Gasteiger partial charge in [-0.2, -0.15) is 0 Å². The van der Waals surface area contributed by atoms with Crippen molar-refractivity contribution < 1.29 is 14.3 Å². The highest BCUT2D eigenvalue weighted by molar-refractivity contribution is 5.42. The maximum absolute atomic E-state index is 9.99. The van der Waals surface area contributed by atoms with Gasteiger partial charge in [-0.05, 0) is 11.6 Å². The van der Waals surface area contributed by atoms with Gasteiger partial charge < -0.3 is 9.47 Å². The second-order valence-corrected chi connectivity index (χ2v) is 2.91. The van der Waals surface area contributed by atoms with E-state index in [2.05, 4.69) is 4.99 Å². The van der Waals surface area contributed by atoms with Crippen molar-refractivity contribution in [1.29, 1.82) is 0 Å². The monoisotopic (exact) mass is 191 g/mol. The van der Waals surface area contributed by atoms with Crippen LogP contribution in [-0.2, 0) is 22.7 Å². The minimum absolute atomic E-state index is 0.285. The largest absolute Gasteiger partial charge is 0.467 e. The first-order valence-corrected chi connectivity index (χ1v) is 4.27. The molecule has 1 aromatic carbocycles. The highest BCUT2D eigenvalue weighted by Gasteiger charge is 2.13. The molecule has 0 radical (unpaired) electrons. The number of hydrogen-bond acceptors (Lipinski definition) is 4. The Bertz CT molecular complexity index is 383. The minimum atomic E-state index is 0.285. The molecule has 0 atom stereocenters. The molecule has 0 spiro atoms. The van der Waals surface area contributed by atoms with E-state index in [1.165, 1.54) is 6.08 Å². The third-order valence-electron chi connectivity index (χ3n) is 2.09. The van der Waals surface area contributed by atoms with Gasteiger partial charge in [-0.15, -0.1) is 0 Å². The summed E-state index contributed by atoms with van der Waals surface area (Å²) in [7, 11) is 0. The average molecular weight is 191 g/mol. The van der Waals surface area contributed by atoms with Crippen molar-refractivity contribution in [1.82, 2.24) is 0 Å². The molecule has 14 heavy (non-hydrogen) atoms. The second-order valence-electron chi connectivity index (χ2n) is 2.91. The smallest absolute Gasteiger partial charge is 0.235 e. The molecule has 0 fully saturated rings. The number of rotatable bonds is 2. The number of hydrogen-bond donors (Lipinski definition) is 0. The average Bonchev–Trinajstić information content (AvgIpc) is 2.26. The van der Waals surface area contributed by atoms with Crippen molar-refractivity contribution in [3.05, 3.63) is 29.3 Å². The second kappa shape index (κ2) is 4.05. The van der Waals surface area contributed by atoms with Crippen molar-refractivity contribution in [2.75, 3.05) is 6.79 Å². The number of fused-ring (bicyclic) bond motifs is 1. The summed E-state index contributed by atoms with van der Waals surface area (Å²) in [6.07, 6.45) is 1.52. The van der Waals surface area contributed by atoms with Gasteiger partial charge in [0.15, 0.2) is 6.79 Å². The number of nitrogens with zero attached hydrogens (tertiary/aromatic N) is 1. The van der Waals surface area contributed by atoms with E-state index in [0.29, 0.717) is 13.2 Å². The Morgan fingerprint density at radius 1 is 1.50 bits per heavy atom. The topological polar surface area (TPSA) is 47.9 Å². The summed E-state index contributed by atoms with van der Waals surface area (Å²) >= 11 is 0. The molecule has 1 aliphatic heterocycles. The Hall–Kier alpha value is -1.64. The van der Waals surface area contributed by atoms with Crippen molar-refractivity contribution in [2.24, 2.45) is 4.99 Å². The van der Waals surface area contributed by atoms with Gasteiger partial charge in [0.2, 0.25) is 6.08 Å². The fourth-order valence-corrected chi connectivity index (χ4v) is 1.42. The third-order valence-corrected chi connectivity index (χ3v) is 2.09. The molecule has 4 heteroatoms. The molecule has 0 saturated carbocycles. The summed E-state index contributed by atoms with van der Waals surface area (Å²) in [4.78, 5) is 13.5. The van der Waals surface area contributed by atoms with E-state index in [4.69, 9.17) is 9.47 Å². The summed E-state index contributed by atoms with van der Waals surface area (Å²) in [6, 6.07) is 5.66. The maximum Gasteiger partial charge on any atom is 0.235 e. The van der Waals surface area contributed by atoms with Gasteiger partial charge in [-0.1, -0.05) is 12.1 Å². The van der Waals surface area contributed by atoms with E-state index in [9.17, 15) is 4.79 Å². The molecule has 4 nitrogen and oxygen atoms in total. The highest BCUT2D eigenvalue weighted by Crippen LogP contribution is 2.26. The van der Waals surface area contributed by atoms with E-state index in [1.807, 2.05) is 18.2 Å². The SMILES string of the molecule is O=C=NCc1cccc2c1COCO2. The Morgan fingerprint density at radius 2 is 2.43 bits per heavy atom. The van der Waals surface area contributed by atoms with Gasteiger partial charge in [0.05, 0.1) is 13.2 Å². The van der Waals surface area contributed by atoms with Gasteiger partial charge in [-0.25, -0.2) is 9.79 Å². The van der Waals surface area contributed by atoms with Crippen LogP contribution in [0.5, 0.6) is 5.75 Å². The standard InChI is InChI=1S/C10H9NO3/c12-6-11-4-8-2-1-3-10-9(8)5-13-7-14-10/h1-3H,4-5,7H2. The van der Waals surface area contributed by atoms with Crippen LogP contribution in [0, 0.1) is 0 Å². The van der Waals surface area contributed by atoms with Crippen LogP contribution in [0.1, 0.15) is 11.1 Å². The Kier molecular flexibility index (Phi) is 2.58. The van der Waals surface area contributed by atoms with Crippen LogP contribution in [0.4, 0.5) is 0 Å². The Morgan fingerprint density at radius 3 is 3.29 bits per heavy atom. The molecular formula is C10H9NO3. The van der Waals surface area contributed by atoms with E-state index in [1.54, 1.807) is 0 Å². The first-order valence-electron chi connectivity index (χ1n) is 4.27. The van der Waals surface area contributed by atoms with Crippen LogP contribution in [0.3, 0.4) is 0 Å². The van der Waals surface area contributed by atoms with E-state index < -0.39 is 0 Å².